The molecule has 0 N–H and O–H groups in total. The molecule has 1 heterocycles. The zero-order valence-electron chi connectivity index (χ0n) is 13.3. The second-order valence-corrected chi connectivity index (χ2v) is 7.50. The maximum Gasteiger partial charge on any atom is 0.321 e. The van der Waals surface area contributed by atoms with E-state index in [1.165, 1.54) is 4.31 Å². The highest BCUT2D eigenvalue weighted by molar-refractivity contribution is 7.90. The lowest BCUT2D eigenvalue weighted by atomic mass is 10.1. The molecule has 1 aliphatic rings. The fraction of sp³-hybridized carbons (Fsp3) is 0.533. The molecule has 128 valence electrons. The summed E-state index contributed by atoms with van der Waals surface area (Å²) in [6, 6.07) is 5.20. The number of fused-ring (bicyclic) bond motifs is 1. The Balaban J connectivity index is 2.40. The van der Waals surface area contributed by atoms with E-state index < -0.39 is 16.2 Å². The monoisotopic (exact) mass is 360 g/mol. The van der Waals surface area contributed by atoms with Crippen molar-refractivity contribution in [3.8, 4) is 0 Å². The second-order valence-electron chi connectivity index (χ2n) is 5.24. The lowest BCUT2D eigenvalue weighted by Crippen LogP contribution is -2.49. The largest absolute Gasteiger partial charge is 0.465 e. The number of carbonyl (C=O) groups excluding carboxylic acids is 1. The van der Waals surface area contributed by atoms with Crippen molar-refractivity contribution in [2.45, 2.75) is 33.2 Å². The van der Waals surface area contributed by atoms with Gasteiger partial charge in [0.05, 0.1) is 12.3 Å². The predicted octanol–water partition coefficient (Wildman–Crippen LogP) is 2.57. The van der Waals surface area contributed by atoms with Crippen molar-refractivity contribution in [3.05, 3.63) is 28.8 Å². The SMILES string of the molecule is CCCCN1c2cccc(Cl)c2CN(CC(=O)OCC)S1(=O)=O. The van der Waals surface area contributed by atoms with Crippen LogP contribution in [-0.4, -0.2) is 38.4 Å². The van der Waals surface area contributed by atoms with Gasteiger partial charge in [0.2, 0.25) is 0 Å². The van der Waals surface area contributed by atoms with Crippen molar-refractivity contribution in [1.29, 1.82) is 0 Å². The van der Waals surface area contributed by atoms with Crippen molar-refractivity contribution >= 4 is 33.5 Å². The molecule has 0 aromatic heterocycles. The molecule has 0 bridgehead atoms. The van der Waals surface area contributed by atoms with Gasteiger partial charge in [0, 0.05) is 23.7 Å². The highest BCUT2D eigenvalue weighted by atomic mass is 35.5. The molecule has 0 aliphatic carbocycles. The van der Waals surface area contributed by atoms with Crippen molar-refractivity contribution in [2.24, 2.45) is 0 Å². The molecule has 6 nitrogen and oxygen atoms in total. The Kier molecular flexibility index (Phi) is 5.89. The number of benzene rings is 1. The first-order chi connectivity index (χ1) is 10.9. The minimum Gasteiger partial charge on any atom is -0.465 e. The first-order valence-electron chi connectivity index (χ1n) is 7.62. The maximum absolute atomic E-state index is 12.8. The van der Waals surface area contributed by atoms with Crippen molar-refractivity contribution in [2.75, 3.05) is 24.0 Å². The molecule has 1 aliphatic heterocycles. The van der Waals surface area contributed by atoms with E-state index in [0.29, 0.717) is 22.8 Å². The first kappa shape index (κ1) is 18.0. The first-order valence-corrected chi connectivity index (χ1v) is 9.40. The lowest BCUT2D eigenvalue weighted by Gasteiger charge is -2.37. The number of esters is 1. The van der Waals surface area contributed by atoms with Crippen LogP contribution in [0.25, 0.3) is 0 Å². The Morgan fingerprint density at radius 1 is 1.35 bits per heavy atom. The maximum atomic E-state index is 12.8. The van der Waals surface area contributed by atoms with Crippen LogP contribution in [0.2, 0.25) is 5.02 Å². The van der Waals surface area contributed by atoms with Crippen LogP contribution >= 0.6 is 11.6 Å². The minimum absolute atomic E-state index is 0.0682. The van der Waals surface area contributed by atoms with E-state index in [1.54, 1.807) is 25.1 Å². The van der Waals surface area contributed by atoms with Crippen LogP contribution in [-0.2, 0) is 26.3 Å². The summed E-state index contributed by atoms with van der Waals surface area (Å²) in [5, 5.41) is 0.493. The van der Waals surface area contributed by atoms with E-state index in [-0.39, 0.29) is 19.7 Å². The molecule has 8 heteroatoms. The summed E-state index contributed by atoms with van der Waals surface area (Å²) < 4.78 is 33.0. The summed E-state index contributed by atoms with van der Waals surface area (Å²) in [5.41, 5.74) is 1.30. The molecule has 0 saturated carbocycles. The standard InChI is InChI=1S/C15H21ClN2O4S/c1-3-5-9-18-14-8-6-7-13(16)12(14)10-17(23(18,20)21)11-15(19)22-4-2/h6-8H,3-5,9-11H2,1-2H3. The highest BCUT2D eigenvalue weighted by Crippen LogP contribution is 2.36. The Morgan fingerprint density at radius 2 is 2.09 bits per heavy atom. The van der Waals surface area contributed by atoms with Crippen molar-refractivity contribution in [3.63, 3.8) is 0 Å². The lowest BCUT2D eigenvalue weighted by molar-refractivity contribution is -0.143. The summed E-state index contributed by atoms with van der Waals surface area (Å²) in [6.45, 7) is 3.99. The summed E-state index contributed by atoms with van der Waals surface area (Å²) >= 11 is 6.23. The molecule has 0 amide bonds. The third kappa shape index (κ3) is 3.79. The number of anilines is 1. The summed E-state index contributed by atoms with van der Waals surface area (Å²) in [4.78, 5) is 11.7. The number of halogens is 1. The highest BCUT2D eigenvalue weighted by Gasteiger charge is 2.38. The van der Waals surface area contributed by atoms with Gasteiger partial charge in [-0.25, -0.2) is 0 Å². The van der Waals surface area contributed by atoms with Gasteiger partial charge in [-0.1, -0.05) is 31.0 Å². The van der Waals surface area contributed by atoms with Crippen LogP contribution in [0.15, 0.2) is 18.2 Å². The Bertz CT molecular complexity index is 678. The average Bonchev–Trinajstić information content (AvgIpc) is 2.48. The van der Waals surface area contributed by atoms with Crippen LogP contribution in [0.4, 0.5) is 5.69 Å². The molecule has 0 fully saturated rings. The zero-order chi connectivity index (χ0) is 17.0. The number of unbranched alkanes of at least 4 members (excludes halogenated alkanes) is 1. The minimum atomic E-state index is -3.77. The normalized spacial score (nSPS) is 16.9. The van der Waals surface area contributed by atoms with Gasteiger partial charge >= 0.3 is 16.2 Å². The second kappa shape index (κ2) is 7.51. The van der Waals surface area contributed by atoms with Gasteiger partial charge in [-0.15, -0.1) is 0 Å². The smallest absolute Gasteiger partial charge is 0.321 e. The molecule has 0 atom stereocenters. The van der Waals surface area contributed by atoms with Gasteiger partial charge in [-0.05, 0) is 25.5 Å². The zero-order valence-corrected chi connectivity index (χ0v) is 14.9. The molecule has 0 saturated heterocycles. The number of carbonyl (C=O) groups is 1. The topological polar surface area (TPSA) is 66.9 Å². The van der Waals surface area contributed by atoms with Crippen molar-refractivity contribution in [1.82, 2.24) is 4.31 Å². The molecule has 1 aromatic rings. The number of hydrogen-bond acceptors (Lipinski definition) is 4. The van der Waals surface area contributed by atoms with Crippen molar-refractivity contribution < 1.29 is 17.9 Å². The summed E-state index contributed by atoms with van der Waals surface area (Å²) in [7, 11) is -3.77. The summed E-state index contributed by atoms with van der Waals surface area (Å²) in [5.74, 6) is -0.568. The fourth-order valence-corrected chi connectivity index (χ4v) is 4.33. The van der Waals surface area contributed by atoms with E-state index in [2.05, 4.69) is 0 Å². The molecule has 0 unspecified atom stereocenters. The van der Waals surface area contributed by atoms with Gasteiger partial charge in [-0.2, -0.15) is 12.7 Å². The molecule has 0 radical (unpaired) electrons. The molecule has 0 spiro atoms. The van der Waals surface area contributed by atoms with Gasteiger partial charge < -0.3 is 4.74 Å². The van der Waals surface area contributed by atoms with Crippen LogP contribution < -0.4 is 4.31 Å². The number of hydrogen-bond donors (Lipinski definition) is 0. The molecule has 2 rings (SSSR count). The van der Waals surface area contributed by atoms with E-state index in [0.717, 1.165) is 17.1 Å². The molecule has 1 aromatic carbocycles. The number of nitrogens with zero attached hydrogens (tertiary/aromatic N) is 2. The van der Waals surface area contributed by atoms with E-state index in [4.69, 9.17) is 16.3 Å². The van der Waals surface area contributed by atoms with E-state index >= 15 is 0 Å². The Morgan fingerprint density at radius 3 is 2.74 bits per heavy atom. The van der Waals surface area contributed by atoms with E-state index in [1.807, 2.05) is 6.92 Å². The van der Waals surface area contributed by atoms with Crippen LogP contribution in [0.3, 0.4) is 0 Å². The van der Waals surface area contributed by atoms with Gasteiger partial charge in [0.25, 0.3) is 0 Å². The quantitative estimate of drug-likeness (QED) is 0.731. The van der Waals surface area contributed by atoms with Gasteiger partial charge in [0.1, 0.15) is 6.54 Å². The van der Waals surface area contributed by atoms with Gasteiger partial charge in [-0.3, -0.25) is 9.10 Å². The number of ether oxygens (including phenoxy) is 1. The summed E-state index contributed by atoms with van der Waals surface area (Å²) in [6.07, 6.45) is 1.58. The van der Waals surface area contributed by atoms with Gasteiger partial charge in [0.15, 0.2) is 0 Å². The fourth-order valence-electron chi connectivity index (χ4n) is 2.48. The Labute approximate surface area is 142 Å². The molecule has 23 heavy (non-hydrogen) atoms. The molecular weight excluding hydrogens is 340 g/mol. The van der Waals surface area contributed by atoms with Crippen LogP contribution in [0.1, 0.15) is 32.3 Å². The number of rotatable bonds is 6. The van der Waals surface area contributed by atoms with Crippen LogP contribution in [0, 0.1) is 0 Å². The third-order valence-electron chi connectivity index (χ3n) is 3.63. The average molecular weight is 361 g/mol. The molecular formula is C15H21ClN2O4S. The predicted molar refractivity (Wildman–Crippen MR) is 89.7 cm³/mol. The Hall–Kier alpha value is -1.31. The van der Waals surface area contributed by atoms with E-state index in [9.17, 15) is 13.2 Å². The third-order valence-corrected chi connectivity index (χ3v) is 5.83. The van der Waals surface area contributed by atoms with Crippen LogP contribution in [0.5, 0.6) is 0 Å².